The lowest BCUT2D eigenvalue weighted by molar-refractivity contribution is -0.117. The van der Waals surface area contributed by atoms with E-state index in [-0.39, 0.29) is 11.3 Å². The number of anilines is 1. The quantitative estimate of drug-likeness (QED) is 0.651. The number of ether oxygens (including phenoxy) is 1. The summed E-state index contributed by atoms with van der Waals surface area (Å²) in [7, 11) is 1.49. The third-order valence-electron chi connectivity index (χ3n) is 4.91. The van der Waals surface area contributed by atoms with Crippen LogP contribution in [0.4, 0.5) is 5.69 Å². The number of ketones is 1. The number of Topliss-reactive ketones (excluding diaryl/α,β-unsaturated/α-hetero) is 1. The third kappa shape index (κ3) is 3.01. The van der Waals surface area contributed by atoms with Gasteiger partial charge in [-0.05, 0) is 42.5 Å². The van der Waals surface area contributed by atoms with Crippen LogP contribution in [0.1, 0.15) is 27.7 Å². The van der Waals surface area contributed by atoms with Crippen LogP contribution in [0.25, 0.3) is 0 Å². The van der Waals surface area contributed by atoms with Gasteiger partial charge in [0.25, 0.3) is 5.91 Å². The Bertz CT molecular complexity index is 1190. The molecule has 7 nitrogen and oxygen atoms in total. The number of methoxy groups -OCH3 is 1. The molecule has 0 radical (unpaired) electrons. The zero-order valence-corrected chi connectivity index (χ0v) is 15.9. The third-order valence-corrected chi connectivity index (χ3v) is 4.91. The first kappa shape index (κ1) is 19.0. The number of aliphatic hydroxyl groups is 1. The van der Waals surface area contributed by atoms with Gasteiger partial charge >= 0.3 is 0 Å². The normalized spacial score (nSPS) is 15.9. The summed E-state index contributed by atoms with van der Waals surface area (Å²) in [6.45, 7) is 0. The van der Waals surface area contributed by atoms with Gasteiger partial charge in [0, 0.05) is 11.3 Å². The number of amides is 1. The van der Waals surface area contributed by atoms with Crippen molar-refractivity contribution >= 4 is 17.4 Å². The van der Waals surface area contributed by atoms with Gasteiger partial charge in [-0.1, -0.05) is 18.2 Å². The standard InChI is InChI=1S/C23H16N2O5/c1-29-17-6-3-2-5-16(17)20-19(21(26)18-7-4-12-30-18)22(27)23(28)25(20)15-10-8-14(13-24)9-11-15/h2-12,20,27H,1H3. The van der Waals surface area contributed by atoms with E-state index >= 15 is 0 Å². The van der Waals surface area contributed by atoms with Gasteiger partial charge in [-0.3, -0.25) is 14.5 Å². The Labute approximate surface area is 172 Å². The number of carbonyl (C=O) groups excluding carboxylic acids is 2. The lowest BCUT2D eigenvalue weighted by Gasteiger charge is -2.27. The molecule has 1 aromatic heterocycles. The molecular weight excluding hydrogens is 384 g/mol. The van der Waals surface area contributed by atoms with E-state index in [1.54, 1.807) is 54.6 Å². The van der Waals surface area contributed by atoms with Crippen molar-refractivity contribution < 1.29 is 23.8 Å². The molecule has 3 aromatic rings. The Morgan fingerprint density at radius 3 is 2.50 bits per heavy atom. The van der Waals surface area contributed by atoms with Gasteiger partial charge < -0.3 is 14.3 Å². The summed E-state index contributed by atoms with van der Waals surface area (Å²) in [5.74, 6) is -1.53. The molecule has 0 aliphatic carbocycles. The minimum atomic E-state index is -0.945. The number of hydrogen-bond acceptors (Lipinski definition) is 6. The minimum absolute atomic E-state index is 0.00549. The molecule has 1 amide bonds. The van der Waals surface area contributed by atoms with Crippen LogP contribution in [0.5, 0.6) is 5.75 Å². The Balaban J connectivity index is 1.91. The van der Waals surface area contributed by atoms with E-state index < -0.39 is 23.5 Å². The van der Waals surface area contributed by atoms with Crippen molar-refractivity contribution in [2.75, 3.05) is 12.0 Å². The summed E-state index contributed by atoms with van der Waals surface area (Å²) in [4.78, 5) is 27.5. The van der Waals surface area contributed by atoms with Gasteiger partial charge in [-0.15, -0.1) is 0 Å². The fourth-order valence-corrected chi connectivity index (χ4v) is 3.53. The summed E-state index contributed by atoms with van der Waals surface area (Å²) in [5, 5.41) is 19.7. The second-order valence-corrected chi connectivity index (χ2v) is 6.55. The highest BCUT2D eigenvalue weighted by atomic mass is 16.5. The smallest absolute Gasteiger partial charge is 0.294 e. The maximum absolute atomic E-state index is 13.2. The number of rotatable bonds is 5. The van der Waals surface area contributed by atoms with Crippen LogP contribution in [0.15, 0.2) is 82.7 Å². The second kappa shape index (κ2) is 7.60. The Morgan fingerprint density at radius 2 is 1.87 bits per heavy atom. The first-order valence-electron chi connectivity index (χ1n) is 9.04. The fraction of sp³-hybridized carbons (Fsp3) is 0.0870. The lowest BCUT2D eigenvalue weighted by Crippen LogP contribution is -2.31. The average molecular weight is 400 g/mol. The van der Waals surface area contributed by atoms with Gasteiger partial charge in [-0.25, -0.2) is 0 Å². The highest BCUT2D eigenvalue weighted by Gasteiger charge is 2.46. The molecule has 1 N–H and O–H groups in total. The van der Waals surface area contributed by atoms with Gasteiger partial charge in [0.2, 0.25) is 5.78 Å². The zero-order valence-electron chi connectivity index (χ0n) is 15.9. The first-order chi connectivity index (χ1) is 14.6. The van der Waals surface area contributed by atoms with Crippen molar-refractivity contribution in [3.8, 4) is 11.8 Å². The number of hydrogen-bond donors (Lipinski definition) is 1. The van der Waals surface area contributed by atoms with Gasteiger partial charge in [0.05, 0.1) is 36.6 Å². The molecule has 1 unspecified atom stereocenters. The SMILES string of the molecule is COc1ccccc1C1C(C(=O)c2ccco2)=C(O)C(=O)N1c1ccc(C#N)cc1. The molecule has 7 heteroatoms. The lowest BCUT2D eigenvalue weighted by atomic mass is 9.94. The summed E-state index contributed by atoms with van der Waals surface area (Å²) in [5.41, 5.74) is 1.26. The van der Waals surface area contributed by atoms with E-state index in [1.165, 1.54) is 24.3 Å². The molecule has 2 heterocycles. The number of nitrogens with zero attached hydrogens (tertiary/aromatic N) is 2. The van der Waals surface area contributed by atoms with Crippen LogP contribution < -0.4 is 9.64 Å². The molecule has 2 aromatic carbocycles. The number of para-hydroxylation sites is 1. The fourth-order valence-electron chi connectivity index (χ4n) is 3.53. The van der Waals surface area contributed by atoms with E-state index in [0.29, 0.717) is 22.6 Å². The van der Waals surface area contributed by atoms with Crippen molar-refractivity contribution in [3.05, 3.63) is 95.1 Å². The zero-order chi connectivity index (χ0) is 21.3. The largest absolute Gasteiger partial charge is 0.503 e. The highest BCUT2D eigenvalue weighted by Crippen LogP contribution is 2.44. The summed E-state index contributed by atoms with van der Waals surface area (Å²) >= 11 is 0. The molecule has 0 bridgehead atoms. The van der Waals surface area contributed by atoms with E-state index in [9.17, 15) is 14.7 Å². The van der Waals surface area contributed by atoms with Crippen molar-refractivity contribution in [2.24, 2.45) is 0 Å². The number of benzene rings is 2. The van der Waals surface area contributed by atoms with Crippen molar-refractivity contribution in [3.63, 3.8) is 0 Å². The molecule has 30 heavy (non-hydrogen) atoms. The molecule has 0 fully saturated rings. The molecule has 4 rings (SSSR count). The highest BCUT2D eigenvalue weighted by molar-refractivity contribution is 6.20. The minimum Gasteiger partial charge on any atom is -0.503 e. The Kier molecular flexibility index (Phi) is 4.82. The summed E-state index contributed by atoms with van der Waals surface area (Å²) in [6, 6.07) is 17.4. The number of furan rings is 1. The van der Waals surface area contributed by atoms with Gasteiger partial charge in [0.1, 0.15) is 5.75 Å². The molecule has 1 aliphatic heterocycles. The Morgan fingerprint density at radius 1 is 1.13 bits per heavy atom. The van der Waals surface area contributed by atoms with Crippen LogP contribution in [-0.2, 0) is 4.79 Å². The molecule has 148 valence electrons. The average Bonchev–Trinajstić information content (AvgIpc) is 3.41. The predicted molar refractivity (Wildman–Crippen MR) is 107 cm³/mol. The molecule has 1 atom stereocenters. The Hall–Kier alpha value is -4.31. The molecule has 0 spiro atoms. The van der Waals surface area contributed by atoms with E-state index in [1.807, 2.05) is 6.07 Å². The van der Waals surface area contributed by atoms with Crippen molar-refractivity contribution in [1.82, 2.24) is 0 Å². The molecule has 0 saturated carbocycles. The summed E-state index contributed by atoms with van der Waals surface area (Å²) < 4.78 is 10.7. The molecule has 1 aliphatic rings. The number of aliphatic hydroxyl groups excluding tert-OH is 1. The van der Waals surface area contributed by atoms with Gasteiger partial charge in [-0.2, -0.15) is 5.26 Å². The number of nitriles is 1. The van der Waals surface area contributed by atoms with Crippen LogP contribution in [0.3, 0.4) is 0 Å². The summed E-state index contributed by atoms with van der Waals surface area (Å²) in [6.07, 6.45) is 1.35. The monoisotopic (exact) mass is 400 g/mol. The first-order valence-corrected chi connectivity index (χ1v) is 9.04. The van der Waals surface area contributed by atoms with E-state index in [4.69, 9.17) is 14.4 Å². The van der Waals surface area contributed by atoms with Crippen LogP contribution in [0, 0.1) is 11.3 Å². The number of carbonyl (C=O) groups is 2. The molecular formula is C23H16N2O5. The topological polar surface area (TPSA) is 104 Å². The maximum atomic E-state index is 13.2. The van der Waals surface area contributed by atoms with Crippen molar-refractivity contribution in [2.45, 2.75) is 6.04 Å². The van der Waals surface area contributed by atoms with Gasteiger partial charge in [0.15, 0.2) is 11.5 Å². The van der Waals surface area contributed by atoms with Crippen LogP contribution >= 0.6 is 0 Å². The van der Waals surface area contributed by atoms with Crippen molar-refractivity contribution in [1.29, 1.82) is 5.26 Å². The molecule has 0 saturated heterocycles. The van der Waals surface area contributed by atoms with Crippen LogP contribution in [-0.4, -0.2) is 23.9 Å². The van der Waals surface area contributed by atoms with E-state index in [0.717, 1.165) is 0 Å². The maximum Gasteiger partial charge on any atom is 0.294 e. The van der Waals surface area contributed by atoms with E-state index in [2.05, 4.69) is 0 Å². The second-order valence-electron chi connectivity index (χ2n) is 6.55. The van der Waals surface area contributed by atoms with Crippen LogP contribution in [0.2, 0.25) is 0 Å². The predicted octanol–water partition coefficient (Wildman–Crippen LogP) is 3.94.